The lowest BCUT2D eigenvalue weighted by Crippen LogP contribution is -2.44. The van der Waals surface area contributed by atoms with Crippen LogP contribution in [0.2, 0.25) is 10.0 Å². The van der Waals surface area contributed by atoms with Crippen LogP contribution in [0.3, 0.4) is 0 Å². The summed E-state index contributed by atoms with van der Waals surface area (Å²) in [7, 11) is 3.23. The van der Waals surface area contributed by atoms with Crippen molar-refractivity contribution in [2.75, 3.05) is 11.9 Å². The summed E-state index contributed by atoms with van der Waals surface area (Å²) in [5.74, 6) is -0.277. The van der Waals surface area contributed by atoms with E-state index in [0.717, 1.165) is 5.56 Å². The molecule has 0 atom stereocenters. The van der Waals surface area contributed by atoms with Crippen molar-refractivity contribution in [2.24, 2.45) is 12.8 Å². The number of imidazole rings is 1. The van der Waals surface area contributed by atoms with Crippen molar-refractivity contribution in [2.45, 2.75) is 6.54 Å². The molecule has 0 aliphatic carbocycles. The molecule has 9 heteroatoms. The summed E-state index contributed by atoms with van der Waals surface area (Å²) in [6.45, 7) is 4.24. The number of fused-ring (bicyclic) bond motifs is 1. The molecule has 0 saturated carbocycles. The van der Waals surface area contributed by atoms with Crippen LogP contribution in [0.1, 0.15) is 21.9 Å². The van der Waals surface area contributed by atoms with Gasteiger partial charge in [-0.25, -0.2) is 9.78 Å². The van der Waals surface area contributed by atoms with Crippen LogP contribution in [-0.2, 0) is 13.6 Å². The number of nitrogens with zero attached hydrogens (tertiary/aromatic N) is 4. The van der Waals surface area contributed by atoms with E-state index in [4.69, 9.17) is 28.9 Å². The average molecular weight is 380 g/mol. The third-order valence-corrected chi connectivity index (χ3v) is 4.80. The molecular formula is C16H15Cl2N5O2. The Hall–Kier alpha value is -2.51. The quantitative estimate of drug-likeness (QED) is 0.889. The maximum Gasteiger partial charge on any atom is 0.330 e. The third-order valence-electron chi connectivity index (χ3n) is 4.06. The molecule has 1 aliphatic heterocycles. The fourth-order valence-electron chi connectivity index (χ4n) is 2.76. The second-order valence-electron chi connectivity index (χ2n) is 5.65. The Labute approximate surface area is 154 Å². The third kappa shape index (κ3) is 2.75. The number of hydrogen-bond acceptors (Lipinski definition) is 3. The van der Waals surface area contributed by atoms with Crippen LogP contribution in [0, 0.1) is 0 Å². The number of halogens is 2. The van der Waals surface area contributed by atoms with Gasteiger partial charge in [0.25, 0.3) is 5.91 Å². The number of carbonyl (C=O) groups is 2. The molecule has 0 fully saturated rings. The Balaban J connectivity index is 2.02. The second kappa shape index (κ2) is 6.09. The molecule has 0 unspecified atom stereocenters. The zero-order valence-electron chi connectivity index (χ0n) is 13.6. The molecule has 1 aliphatic rings. The van der Waals surface area contributed by atoms with Crippen molar-refractivity contribution >= 4 is 46.7 Å². The molecule has 0 saturated heterocycles. The molecule has 1 aromatic carbocycles. The molecule has 7 nitrogen and oxygen atoms in total. The fraction of sp³-hybridized carbons (Fsp3) is 0.188. The van der Waals surface area contributed by atoms with Gasteiger partial charge in [-0.1, -0.05) is 35.8 Å². The first-order valence-electron chi connectivity index (χ1n) is 7.27. The number of carbonyl (C=O) groups excluding carboxylic acids is 2. The number of anilines is 1. The summed E-state index contributed by atoms with van der Waals surface area (Å²) < 4.78 is 1.53. The van der Waals surface area contributed by atoms with Crippen LogP contribution in [0.25, 0.3) is 5.70 Å². The van der Waals surface area contributed by atoms with Gasteiger partial charge in [-0.2, -0.15) is 0 Å². The van der Waals surface area contributed by atoms with Crippen LogP contribution in [0.15, 0.2) is 24.8 Å². The first kappa shape index (κ1) is 17.3. The average Bonchev–Trinajstić information content (AvgIpc) is 2.91. The summed E-state index contributed by atoms with van der Waals surface area (Å²) in [4.78, 5) is 31.3. The van der Waals surface area contributed by atoms with Gasteiger partial charge in [-0.15, -0.1) is 0 Å². The van der Waals surface area contributed by atoms with E-state index in [1.54, 1.807) is 32.3 Å². The Morgan fingerprint density at radius 3 is 2.56 bits per heavy atom. The first-order chi connectivity index (χ1) is 11.7. The van der Waals surface area contributed by atoms with E-state index in [-0.39, 0.29) is 18.4 Å². The van der Waals surface area contributed by atoms with Gasteiger partial charge in [-0.3, -0.25) is 14.6 Å². The number of benzene rings is 1. The molecule has 0 spiro atoms. The zero-order valence-corrected chi connectivity index (χ0v) is 15.1. The molecule has 1 aromatic heterocycles. The van der Waals surface area contributed by atoms with Crippen molar-refractivity contribution in [3.8, 4) is 0 Å². The van der Waals surface area contributed by atoms with Crippen LogP contribution >= 0.6 is 23.2 Å². The standard InChI is InChI=1S/C16H15Cl2N5O2/c1-8-12-14(20-15(13(19)24)21(12)2)22(3)16(25)23(8)7-9-4-5-10(17)11(18)6-9/h4-6H,1,7H2,2-3H3,(H2,19,24). The highest BCUT2D eigenvalue weighted by Crippen LogP contribution is 2.35. The van der Waals surface area contributed by atoms with Gasteiger partial charge in [0.15, 0.2) is 5.82 Å². The number of hydrogen-bond donors (Lipinski definition) is 1. The van der Waals surface area contributed by atoms with Gasteiger partial charge in [0.05, 0.1) is 22.3 Å². The molecule has 130 valence electrons. The van der Waals surface area contributed by atoms with Gasteiger partial charge < -0.3 is 10.3 Å². The van der Waals surface area contributed by atoms with Crippen molar-refractivity contribution in [1.29, 1.82) is 0 Å². The monoisotopic (exact) mass is 379 g/mol. The normalized spacial score (nSPS) is 14.1. The zero-order chi connectivity index (χ0) is 18.5. The summed E-state index contributed by atoms with van der Waals surface area (Å²) >= 11 is 12.0. The van der Waals surface area contributed by atoms with E-state index in [0.29, 0.717) is 27.3 Å². The van der Waals surface area contributed by atoms with Gasteiger partial charge in [-0.05, 0) is 17.7 Å². The molecule has 0 bridgehead atoms. The van der Waals surface area contributed by atoms with Crippen LogP contribution in [0.5, 0.6) is 0 Å². The summed E-state index contributed by atoms with van der Waals surface area (Å²) in [6, 6.07) is 4.82. The molecule has 3 rings (SSSR count). The van der Waals surface area contributed by atoms with E-state index in [1.165, 1.54) is 14.4 Å². The van der Waals surface area contributed by atoms with E-state index < -0.39 is 5.91 Å². The Kier molecular flexibility index (Phi) is 4.22. The smallest absolute Gasteiger partial charge is 0.330 e. The number of urea groups is 1. The first-order valence-corrected chi connectivity index (χ1v) is 8.03. The van der Waals surface area contributed by atoms with Crippen molar-refractivity contribution in [3.63, 3.8) is 0 Å². The van der Waals surface area contributed by atoms with Crippen LogP contribution in [-0.4, -0.2) is 33.4 Å². The van der Waals surface area contributed by atoms with Crippen molar-refractivity contribution in [1.82, 2.24) is 14.5 Å². The molecule has 2 N–H and O–H groups in total. The Morgan fingerprint density at radius 2 is 1.96 bits per heavy atom. The van der Waals surface area contributed by atoms with E-state index in [2.05, 4.69) is 11.6 Å². The maximum absolute atomic E-state index is 12.7. The van der Waals surface area contributed by atoms with Crippen LogP contribution < -0.4 is 10.6 Å². The van der Waals surface area contributed by atoms with E-state index in [9.17, 15) is 9.59 Å². The van der Waals surface area contributed by atoms with E-state index in [1.807, 2.05) is 0 Å². The van der Waals surface area contributed by atoms with Crippen molar-refractivity contribution in [3.05, 3.63) is 51.9 Å². The summed E-state index contributed by atoms with van der Waals surface area (Å²) in [5, 5.41) is 0.839. The molecule has 25 heavy (non-hydrogen) atoms. The summed E-state index contributed by atoms with van der Waals surface area (Å²) in [6.07, 6.45) is 0. The minimum absolute atomic E-state index is 0.0576. The minimum Gasteiger partial charge on any atom is -0.363 e. The van der Waals surface area contributed by atoms with Crippen LogP contribution in [0.4, 0.5) is 10.6 Å². The lowest BCUT2D eigenvalue weighted by Gasteiger charge is -2.34. The second-order valence-corrected chi connectivity index (χ2v) is 6.47. The fourth-order valence-corrected chi connectivity index (χ4v) is 3.08. The maximum atomic E-state index is 12.7. The molecular weight excluding hydrogens is 365 g/mol. The Bertz CT molecular complexity index is 921. The molecule has 2 heterocycles. The van der Waals surface area contributed by atoms with Gasteiger partial charge >= 0.3 is 6.03 Å². The minimum atomic E-state index is -0.679. The van der Waals surface area contributed by atoms with Gasteiger partial charge in [0, 0.05) is 14.1 Å². The predicted molar refractivity (Wildman–Crippen MR) is 96.6 cm³/mol. The number of primary amides is 1. The molecule has 3 amide bonds. The summed E-state index contributed by atoms with van der Waals surface area (Å²) in [5.41, 5.74) is 7.11. The highest BCUT2D eigenvalue weighted by Gasteiger charge is 2.36. The van der Waals surface area contributed by atoms with Crippen molar-refractivity contribution < 1.29 is 9.59 Å². The Morgan fingerprint density at radius 1 is 1.28 bits per heavy atom. The topological polar surface area (TPSA) is 84.5 Å². The lowest BCUT2D eigenvalue weighted by molar-refractivity contribution is 0.0987. The van der Waals surface area contributed by atoms with Gasteiger partial charge in [0.1, 0.15) is 5.69 Å². The lowest BCUT2D eigenvalue weighted by atomic mass is 10.1. The molecule has 0 radical (unpaired) electrons. The predicted octanol–water partition coefficient (Wildman–Crippen LogP) is 2.87. The van der Waals surface area contributed by atoms with Gasteiger partial charge in [0.2, 0.25) is 5.82 Å². The SMILES string of the molecule is C=C1c2c(nc(C(N)=O)n2C)N(C)C(=O)N1Cc1ccc(Cl)c(Cl)c1. The highest BCUT2D eigenvalue weighted by molar-refractivity contribution is 6.42. The number of amides is 3. The number of aromatic nitrogens is 2. The molecule has 2 aromatic rings. The number of nitrogens with two attached hydrogens (primary N) is 1. The highest BCUT2D eigenvalue weighted by atomic mass is 35.5. The number of rotatable bonds is 3. The largest absolute Gasteiger partial charge is 0.363 e. The van der Waals surface area contributed by atoms with E-state index >= 15 is 0 Å².